The van der Waals surface area contributed by atoms with E-state index in [1.807, 2.05) is 36.4 Å². The van der Waals surface area contributed by atoms with E-state index in [9.17, 15) is 0 Å². The van der Waals surface area contributed by atoms with Gasteiger partial charge < -0.3 is 0 Å². The molecule has 1 aromatic carbocycles. The van der Waals surface area contributed by atoms with Gasteiger partial charge in [0.2, 0.25) is 0 Å². The summed E-state index contributed by atoms with van der Waals surface area (Å²) in [6.45, 7) is 3.54. The fourth-order valence-electron chi connectivity index (χ4n) is 1.03. The van der Waals surface area contributed by atoms with Crippen LogP contribution < -0.4 is 0 Å². The summed E-state index contributed by atoms with van der Waals surface area (Å²) < 4.78 is 14.7. The number of rotatable bonds is 4. The van der Waals surface area contributed by atoms with Crippen LogP contribution in [0.3, 0.4) is 0 Å². The standard InChI is InChI=1S/C12H14/c1-3-4-8-11(2)12-9-6-5-7-10-12/h3,5-7,9-10H,1-2,4,8H2/i2D2. The summed E-state index contributed by atoms with van der Waals surface area (Å²) >= 11 is 0. The van der Waals surface area contributed by atoms with Crippen LogP contribution in [-0.4, -0.2) is 0 Å². The molecule has 0 spiro atoms. The minimum atomic E-state index is -0.0990. The molecule has 0 atom stereocenters. The summed E-state index contributed by atoms with van der Waals surface area (Å²) in [4.78, 5) is 0. The molecule has 0 heterocycles. The van der Waals surface area contributed by atoms with Crippen molar-refractivity contribution in [2.45, 2.75) is 12.8 Å². The van der Waals surface area contributed by atoms with Crippen LogP contribution in [0.25, 0.3) is 5.57 Å². The van der Waals surface area contributed by atoms with Gasteiger partial charge in [-0.1, -0.05) is 42.9 Å². The van der Waals surface area contributed by atoms with E-state index >= 15 is 0 Å². The predicted molar refractivity (Wildman–Crippen MR) is 54.9 cm³/mol. The molecule has 0 aliphatic rings. The van der Waals surface area contributed by atoms with Gasteiger partial charge in [-0.2, -0.15) is 0 Å². The van der Waals surface area contributed by atoms with E-state index in [4.69, 9.17) is 2.74 Å². The third-order valence-corrected chi connectivity index (χ3v) is 1.72. The first-order valence-corrected chi connectivity index (χ1v) is 4.08. The van der Waals surface area contributed by atoms with Gasteiger partial charge in [0, 0.05) is 0 Å². The van der Waals surface area contributed by atoms with Crippen molar-refractivity contribution >= 4 is 5.57 Å². The van der Waals surface area contributed by atoms with Crippen LogP contribution >= 0.6 is 0 Å². The van der Waals surface area contributed by atoms with Crippen LogP contribution in [0.5, 0.6) is 0 Å². The third-order valence-electron chi connectivity index (χ3n) is 1.72. The molecule has 0 N–H and O–H groups in total. The van der Waals surface area contributed by atoms with Crippen molar-refractivity contribution in [3.8, 4) is 0 Å². The Labute approximate surface area is 77.1 Å². The van der Waals surface area contributed by atoms with Crippen LogP contribution in [0.15, 0.2) is 49.5 Å². The molecule has 0 aliphatic carbocycles. The smallest absolute Gasteiger partial charge is 0.0541 e. The maximum Gasteiger partial charge on any atom is 0.0541 e. The fourth-order valence-corrected chi connectivity index (χ4v) is 1.03. The molecule has 12 heavy (non-hydrogen) atoms. The van der Waals surface area contributed by atoms with E-state index in [2.05, 4.69) is 6.58 Å². The molecule has 0 bridgehead atoms. The molecule has 1 aromatic rings. The highest BCUT2D eigenvalue weighted by molar-refractivity contribution is 5.63. The Bertz CT molecular complexity index is 321. The van der Waals surface area contributed by atoms with E-state index in [1.165, 1.54) is 0 Å². The van der Waals surface area contributed by atoms with Crippen molar-refractivity contribution < 1.29 is 2.74 Å². The topological polar surface area (TPSA) is 0 Å². The molecule has 1 rings (SSSR count). The lowest BCUT2D eigenvalue weighted by atomic mass is 10.0. The summed E-state index contributed by atoms with van der Waals surface area (Å²) in [5.74, 6) is 0. The minimum Gasteiger partial charge on any atom is -0.103 e. The quantitative estimate of drug-likeness (QED) is 0.589. The van der Waals surface area contributed by atoms with Gasteiger partial charge in [-0.15, -0.1) is 6.58 Å². The highest BCUT2D eigenvalue weighted by Crippen LogP contribution is 2.16. The molecule has 0 unspecified atom stereocenters. The number of hydrogen-bond acceptors (Lipinski definition) is 0. The first kappa shape index (κ1) is 6.24. The Kier molecular flexibility index (Phi) is 2.37. The Morgan fingerprint density at radius 3 is 2.75 bits per heavy atom. The normalized spacial score (nSPS) is 11.3. The van der Waals surface area contributed by atoms with Gasteiger partial charge in [0.05, 0.1) is 2.74 Å². The lowest BCUT2D eigenvalue weighted by Crippen LogP contribution is -1.80. The number of allylic oxidation sites excluding steroid dienone is 2. The molecule has 0 heteroatoms. The van der Waals surface area contributed by atoms with Gasteiger partial charge >= 0.3 is 0 Å². The zero-order chi connectivity index (χ0) is 10.4. The van der Waals surface area contributed by atoms with Gasteiger partial charge in [-0.05, 0) is 24.0 Å². The predicted octanol–water partition coefficient (Wildman–Crippen LogP) is 3.67. The molecule has 0 amide bonds. The van der Waals surface area contributed by atoms with E-state index in [1.54, 1.807) is 0 Å². The zero-order valence-corrected chi connectivity index (χ0v) is 7.09. The van der Waals surface area contributed by atoms with Gasteiger partial charge in [0.25, 0.3) is 0 Å². The second kappa shape index (κ2) is 4.55. The Morgan fingerprint density at radius 1 is 1.42 bits per heavy atom. The average Bonchev–Trinajstić information content (AvgIpc) is 2.19. The van der Waals surface area contributed by atoms with E-state index in [0.29, 0.717) is 0 Å². The number of benzene rings is 1. The highest BCUT2D eigenvalue weighted by Gasteiger charge is 1.94. The molecular formula is C12H14. The first-order chi connectivity index (χ1) is 6.75. The van der Waals surface area contributed by atoms with Crippen molar-refractivity contribution in [2.24, 2.45) is 0 Å². The van der Waals surface area contributed by atoms with Gasteiger partial charge in [-0.3, -0.25) is 0 Å². The maximum atomic E-state index is 7.36. The lowest BCUT2D eigenvalue weighted by Gasteiger charge is -2.02. The maximum absolute atomic E-state index is 7.36. The van der Waals surface area contributed by atoms with Gasteiger partial charge in [-0.25, -0.2) is 0 Å². The molecule has 0 aliphatic heterocycles. The summed E-state index contributed by atoms with van der Waals surface area (Å²) in [5.41, 5.74) is 1.75. The van der Waals surface area contributed by atoms with Crippen LogP contribution in [-0.2, 0) is 0 Å². The largest absolute Gasteiger partial charge is 0.103 e. The van der Waals surface area contributed by atoms with Crippen molar-refractivity contribution in [1.82, 2.24) is 0 Å². The molecule has 0 fully saturated rings. The van der Waals surface area contributed by atoms with Crippen LogP contribution in [0.2, 0.25) is 0 Å². The average molecular weight is 160 g/mol. The van der Waals surface area contributed by atoms with Crippen LogP contribution in [0, 0.1) is 0 Å². The van der Waals surface area contributed by atoms with Crippen molar-refractivity contribution in [3.05, 3.63) is 55.1 Å². The van der Waals surface area contributed by atoms with Crippen molar-refractivity contribution in [2.75, 3.05) is 0 Å². The van der Waals surface area contributed by atoms with E-state index in [-0.39, 0.29) is 6.53 Å². The Balaban J connectivity index is 2.91. The van der Waals surface area contributed by atoms with E-state index < -0.39 is 0 Å². The van der Waals surface area contributed by atoms with Crippen LogP contribution in [0.1, 0.15) is 21.1 Å². The summed E-state index contributed by atoms with van der Waals surface area (Å²) in [6.07, 6.45) is 3.34. The summed E-state index contributed by atoms with van der Waals surface area (Å²) in [6, 6.07) is 9.64. The number of hydrogen-bond donors (Lipinski definition) is 0. The molecule has 0 saturated carbocycles. The molecule has 0 saturated heterocycles. The summed E-state index contributed by atoms with van der Waals surface area (Å²) in [7, 11) is 0. The summed E-state index contributed by atoms with van der Waals surface area (Å²) in [5, 5.41) is 0. The highest BCUT2D eigenvalue weighted by atomic mass is 14.0. The lowest BCUT2D eigenvalue weighted by molar-refractivity contribution is 1.08. The minimum absolute atomic E-state index is 0.0990. The Hall–Kier alpha value is -1.30. The fraction of sp³-hybridized carbons (Fsp3) is 0.167. The molecule has 62 valence electrons. The molecule has 0 aromatic heterocycles. The molecular weight excluding hydrogens is 144 g/mol. The molecule has 0 nitrogen and oxygen atoms in total. The van der Waals surface area contributed by atoms with Gasteiger partial charge in [0.15, 0.2) is 0 Å². The monoisotopic (exact) mass is 160 g/mol. The van der Waals surface area contributed by atoms with Crippen LogP contribution in [0.4, 0.5) is 0 Å². The molecule has 0 radical (unpaired) electrons. The first-order valence-electron chi connectivity index (χ1n) is 5.08. The van der Waals surface area contributed by atoms with E-state index in [0.717, 1.165) is 24.0 Å². The zero-order valence-electron chi connectivity index (χ0n) is 9.09. The van der Waals surface area contributed by atoms with Crippen molar-refractivity contribution in [3.63, 3.8) is 0 Å². The van der Waals surface area contributed by atoms with Gasteiger partial charge in [0.1, 0.15) is 0 Å². The second-order valence-electron chi connectivity index (χ2n) is 2.67. The van der Waals surface area contributed by atoms with Crippen molar-refractivity contribution in [1.29, 1.82) is 0 Å². The SMILES string of the molecule is [2H]C([2H])=C(CCC=C)c1ccccc1. The Morgan fingerprint density at radius 2 is 2.17 bits per heavy atom. The second-order valence-corrected chi connectivity index (χ2v) is 2.67. The third kappa shape index (κ3) is 2.39.